The molecule has 0 radical (unpaired) electrons. The van der Waals surface area contributed by atoms with Crippen LogP contribution in [0.5, 0.6) is 0 Å². The minimum absolute atomic E-state index is 0.804. The highest BCUT2D eigenvalue weighted by atomic mass is 15.4. The SMILES string of the molecule is CN(N)c1nccc2ccccc12. The molecule has 0 fully saturated rings. The number of nitrogens with two attached hydrogens (primary N) is 1. The van der Waals surface area contributed by atoms with Gasteiger partial charge >= 0.3 is 0 Å². The molecule has 66 valence electrons. The number of hydrogen-bond acceptors (Lipinski definition) is 3. The van der Waals surface area contributed by atoms with Gasteiger partial charge in [0.15, 0.2) is 0 Å². The largest absolute Gasteiger partial charge is 0.297 e. The summed E-state index contributed by atoms with van der Waals surface area (Å²) in [6, 6.07) is 10.0. The molecule has 0 unspecified atom stereocenters. The molecule has 0 atom stereocenters. The van der Waals surface area contributed by atoms with E-state index in [4.69, 9.17) is 5.84 Å². The summed E-state index contributed by atoms with van der Waals surface area (Å²) in [5.74, 6) is 6.45. The van der Waals surface area contributed by atoms with Crippen LogP contribution < -0.4 is 10.9 Å². The predicted molar refractivity (Wildman–Crippen MR) is 54.3 cm³/mol. The fourth-order valence-electron chi connectivity index (χ4n) is 1.38. The number of hydrogen-bond donors (Lipinski definition) is 1. The zero-order valence-electron chi connectivity index (χ0n) is 7.44. The molecule has 0 saturated heterocycles. The minimum Gasteiger partial charge on any atom is -0.297 e. The summed E-state index contributed by atoms with van der Waals surface area (Å²) in [6.45, 7) is 0. The average molecular weight is 173 g/mol. The first kappa shape index (κ1) is 8.01. The van der Waals surface area contributed by atoms with E-state index in [1.54, 1.807) is 13.2 Å². The first-order valence-electron chi connectivity index (χ1n) is 4.11. The van der Waals surface area contributed by atoms with Crippen LogP contribution in [0.25, 0.3) is 10.8 Å². The summed E-state index contributed by atoms with van der Waals surface area (Å²) in [7, 11) is 1.79. The van der Waals surface area contributed by atoms with Crippen LogP contribution in [0.4, 0.5) is 5.82 Å². The first-order valence-corrected chi connectivity index (χ1v) is 4.11. The quantitative estimate of drug-likeness (QED) is 0.525. The van der Waals surface area contributed by atoms with E-state index < -0.39 is 0 Å². The molecule has 0 aliphatic carbocycles. The molecular formula is C10H11N3. The Bertz CT molecular complexity index is 418. The molecule has 1 heterocycles. The van der Waals surface area contributed by atoms with E-state index >= 15 is 0 Å². The lowest BCUT2D eigenvalue weighted by atomic mass is 10.1. The Kier molecular flexibility index (Phi) is 1.87. The molecule has 2 rings (SSSR count). The van der Waals surface area contributed by atoms with Crippen molar-refractivity contribution < 1.29 is 0 Å². The Labute approximate surface area is 76.8 Å². The van der Waals surface area contributed by atoms with Crippen LogP contribution in [-0.4, -0.2) is 12.0 Å². The number of benzene rings is 1. The monoisotopic (exact) mass is 173 g/mol. The van der Waals surface area contributed by atoms with Crippen LogP contribution in [-0.2, 0) is 0 Å². The fraction of sp³-hybridized carbons (Fsp3) is 0.100. The Morgan fingerprint density at radius 3 is 2.77 bits per heavy atom. The van der Waals surface area contributed by atoms with Crippen molar-refractivity contribution in [2.24, 2.45) is 5.84 Å². The van der Waals surface area contributed by atoms with Gasteiger partial charge in [-0.2, -0.15) is 0 Å². The Morgan fingerprint density at radius 1 is 1.23 bits per heavy atom. The van der Waals surface area contributed by atoms with Gasteiger partial charge in [0.25, 0.3) is 0 Å². The molecule has 1 aromatic heterocycles. The minimum atomic E-state index is 0.804. The van der Waals surface area contributed by atoms with Crippen molar-refractivity contribution in [1.29, 1.82) is 0 Å². The van der Waals surface area contributed by atoms with E-state index in [1.165, 1.54) is 5.01 Å². The molecule has 0 bridgehead atoms. The van der Waals surface area contributed by atoms with E-state index in [9.17, 15) is 0 Å². The van der Waals surface area contributed by atoms with E-state index in [0.29, 0.717) is 0 Å². The second kappa shape index (κ2) is 3.03. The van der Waals surface area contributed by atoms with Crippen LogP contribution in [0.1, 0.15) is 0 Å². The summed E-state index contributed by atoms with van der Waals surface area (Å²) in [5.41, 5.74) is 0. The molecule has 0 saturated carbocycles. The number of rotatable bonds is 1. The molecule has 0 amide bonds. The number of anilines is 1. The summed E-state index contributed by atoms with van der Waals surface area (Å²) >= 11 is 0. The van der Waals surface area contributed by atoms with E-state index in [-0.39, 0.29) is 0 Å². The lowest BCUT2D eigenvalue weighted by Crippen LogP contribution is -2.26. The average Bonchev–Trinajstić information content (AvgIpc) is 2.17. The van der Waals surface area contributed by atoms with Crippen LogP contribution in [0.15, 0.2) is 36.5 Å². The second-order valence-electron chi connectivity index (χ2n) is 2.97. The molecular weight excluding hydrogens is 162 g/mol. The third kappa shape index (κ3) is 1.34. The van der Waals surface area contributed by atoms with Gasteiger partial charge in [0.2, 0.25) is 0 Å². The summed E-state index contributed by atoms with van der Waals surface area (Å²) in [4.78, 5) is 4.21. The third-order valence-electron chi connectivity index (χ3n) is 1.99. The van der Waals surface area contributed by atoms with Crippen LogP contribution in [0, 0.1) is 0 Å². The highest BCUT2D eigenvalue weighted by Gasteiger charge is 2.02. The molecule has 3 nitrogen and oxygen atoms in total. The molecule has 0 aliphatic rings. The van der Waals surface area contributed by atoms with Crippen molar-refractivity contribution in [1.82, 2.24) is 4.98 Å². The number of nitrogens with zero attached hydrogens (tertiary/aromatic N) is 2. The van der Waals surface area contributed by atoms with Crippen molar-refractivity contribution in [3.05, 3.63) is 36.5 Å². The van der Waals surface area contributed by atoms with Gasteiger partial charge in [0.1, 0.15) is 5.82 Å². The van der Waals surface area contributed by atoms with E-state index in [0.717, 1.165) is 16.6 Å². The Balaban J connectivity index is 2.76. The van der Waals surface area contributed by atoms with Crippen molar-refractivity contribution in [3.63, 3.8) is 0 Å². The summed E-state index contributed by atoms with van der Waals surface area (Å²) < 4.78 is 0. The van der Waals surface area contributed by atoms with Crippen molar-refractivity contribution in [2.75, 3.05) is 12.1 Å². The normalized spacial score (nSPS) is 10.3. The van der Waals surface area contributed by atoms with Gasteiger partial charge < -0.3 is 0 Å². The topological polar surface area (TPSA) is 42.1 Å². The van der Waals surface area contributed by atoms with Gasteiger partial charge in [0, 0.05) is 18.6 Å². The van der Waals surface area contributed by atoms with Crippen molar-refractivity contribution in [3.8, 4) is 0 Å². The summed E-state index contributed by atoms with van der Waals surface area (Å²) in [6.07, 6.45) is 1.76. The molecule has 2 N–H and O–H groups in total. The standard InChI is InChI=1S/C10H11N3/c1-13(11)10-9-5-3-2-4-8(9)6-7-12-10/h2-7H,11H2,1H3. The Hall–Kier alpha value is -1.61. The highest BCUT2D eigenvalue weighted by molar-refractivity contribution is 5.91. The van der Waals surface area contributed by atoms with Gasteiger partial charge in [0.05, 0.1) is 0 Å². The smallest absolute Gasteiger partial charge is 0.150 e. The molecule has 1 aromatic carbocycles. The first-order chi connectivity index (χ1) is 6.29. The summed E-state index contributed by atoms with van der Waals surface area (Å²) in [5, 5.41) is 3.77. The number of aromatic nitrogens is 1. The third-order valence-corrected chi connectivity index (χ3v) is 1.99. The van der Waals surface area contributed by atoms with Crippen molar-refractivity contribution >= 4 is 16.6 Å². The lowest BCUT2D eigenvalue weighted by Gasteiger charge is -2.12. The van der Waals surface area contributed by atoms with Gasteiger partial charge in [-0.05, 0) is 11.5 Å². The number of hydrazine groups is 1. The number of fused-ring (bicyclic) bond motifs is 1. The van der Waals surface area contributed by atoms with Crippen LogP contribution in [0.2, 0.25) is 0 Å². The molecule has 0 aliphatic heterocycles. The fourth-order valence-corrected chi connectivity index (χ4v) is 1.38. The van der Waals surface area contributed by atoms with E-state index in [2.05, 4.69) is 4.98 Å². The van der Waals surface area contributed by atoms with Gasteiger partial charge in [-0.1, -0.05) is 24.3 Å². The van der Waals surface area contributed by atoms with Gasteiger partial charge in [-0.15, -0.1) is 0 Å². The number of pyridine rings is 1. The maximum absolute atomic E-state index is 5.65. The van der Waals surface area contributed by atoms with Gasteiger partial charge in [-0.25, -0.2) is 10.8 Å². The highest BCUT2D eigenvalue weighted by Crippen LogP contribution is 2.21. The zero-order chi connectivity index (χ0) is 9.26. The maximum Gasteiger partial charge on any atom is 0.150 e. The second-order valence-corrected chi connectivity index (χ2v) is 2.97. The zero-order valence-corrected chi connectivity index (χ0v) is 7.44. The Morgan fingerprint density at radius 2 is 2.00 bits per heavy atom. The molecule has 0 spiro atoms. The predicted octanol–water partition coefficient (Wildman–Crippen LogP) is 1.54. The lowest BCUT2D eigenvalue weighted by molar-refractivity contribution is 0.987. The molecule has 2 aromatic rings. The maximum atomic E-state index is 5.65. The van der Waals surface area contributed by atoms with Gasteiger partial charge in [-0.3, -0.25) is 5.01 Å². The van der Waals surface area contributed by atoms with Crippen molar-refractivity contribution in [2.45, 2.75) is 0 Å². The van der Waals surface area contributed by atoms with Crippen LogP contribution >= 0.6 is 0 Å². The van der Waals surface area contributed by atoms with E-state index in [1.807, 2.05) is 30.3 Å². The molecule has 13 heavy (non-hydrogen) atoms. The molecule has 3 heteroatoms. The van der Waals surface area contributed by atoms with Crippen LogP contribution in [0.3, 0.4) is 0 Å².